The Balaban J connectivity index is 1.86. The predicted octanol–water partition coefficient (Wildman–Crippen LogP) is -0.884. The van der Waals surface area contributed by atoms with E-state index in [0.29, 0.717) is 16.9 Å². The summed E-state index contributed by atoms with van der Waals surface area (Å²) in [5.41, 5.74) is 0.318. The topological polar surface area (TPSA) is 183 Å². The second-order valence-corrected chi connectivity index (χ2v) is 7.52. The highest BCUT2D eigenvalue weighted by atomic mass is 31.2. The Morgan fingerprint density at radius 1 is 1.41 bits per heavy atom. The van der Waals surface area contributed by atoms with Crippen molar-refractivity contribution < 1.29 is 34.0 Å². The second kappa shape index (κ2) is 7.49. The van der Waals surface area contributed by atoms with Gasteiger partial charge in [-0.3, -0.25) is 4.57 Å². The summed E-state index contributed by atoms with van der Waals surface area (Å²) in [6.45, 7) is -0.320. The van der Waals surface area contributed by atoms with Crippen molar-refractivity contribution in [2.24, 2.45) is 0 Å². The van der Waals surface area contributed by atoms with E-state index in [1.807, 2.05) is 6.07 Å². The van der Waals surface area contributed by atoms with Gasteiger partial charge in [0, 0.05) is 13.2 Å². The van der Waals surface area contributed by atoms with Gasteiger partial charge in [0.05, 0.1) is 12.0 Å². The molecule has 3 rings (SSSR count). The number of aliphatic hydroxyl groups excluding tert-OH is 2. The van der Waals surface area contributed by atoms with E-state index >= 15 is 0 Å². The predicted molar refractivity (Wildman–Crippen MR) is 90.6 cm³/mol. The zero-order valence-electron chi connectivity index (χ0n) is 14.1. The number of aliphatic hydroxyl groups is 2. The van der Waals surface area contributed by atoms with Crippen molar-refractivity contribution in [3.63, 3.8) is 0 Å². The van der Waals surface area contributed by atoms with Crippen molar-refractivity contribution in [1.82, 2.24) is 14.5 Å². The van der Waals surface area contributed by atoms with E-state index in [2.05, 4.69) is 15.3 Å². The third-order valence-corrected chi connectivity index (χ3v) is 4.58. The second-order valence-electron chi connectivity index (χ2n) is 5.93. The Labute approximate surface area is 153 Å². The van der Waals surface area contributed by atoms with Gasteiger partial charge in [-0.05, 0) is 6.07 Å². The van der Waals surface area contributed by atoms with Crippen LogP contribution in [0.1, 0.15) is 12.1 Å². The van der Waals surface area contributed by atoms with Crippen LogP contribution in [-0.2, 0) is 14.0 Å². The molecule has 2 aromatic heterocycles. The fraction of sp³-hybridized carbons (Fsp3) is 0.500. The van der Waals surface area contributed by atoms with Gasteiger partial charge in [0.2, 0.25) is 5.82 Å². The van der Waals surface area contributed by atoms with Crippen LogP contribution in [0.3, 0.4) is 0 Å². The molecular formula is C14H18N5O7P. The lowest BCUT2D eigenvalue weighted by Crippen LogP contribution is -2.33. The summed E-state index contributed by atoms with van der Waals surface area (Å²) in [5, 5.41) is 33.1. The third kappa shape index (κ3) is 3.95. The van der Waals surface area contributed by atoms with Crippen LogP contribution >= 0.6 is 7.60 Å². The Kier molecular flexibility index (Phi) is 5.45. The van der Waals surface area contributed by atoms with Gasteiger partial charge in [0.15, 0.2) is 6.23 Å². The van der Waals surface area contributed by atoms with Gasteiger partial charge in [0.25, 0.3) is 0 Å². The summed E-state index contributed by atoms with van der Waals surface area (Å²) in [6, 6.07) is 3.52. The molecule has 3 heterocycles. The highest BCUT2D eigenvalue weighted by molar-refractivity contribution is 7.51. The number of hydrogen-bond acceptors (Lipinski definition) is 9. The fourth-order valence-electron chi connectivity index (χ4n) is 2.86. The van der Waals surface area contributed by atoms with Crippen LogP contribution in [0.5, 0.6) is 0 Å². The van der Waals surface area contributed by atoms with Crippen LogP contribution < -0.4 is 5.32 Å². The number of nitrogens with zero attached hydrogens (tertiary/aromatic N) is 4. The summed E-state index contributed by atoms with van der Waals surface area (Å²) in [4.78, 5) is 25.8. The fourth-order valence-corrected chi connectivity index (χ4v) is 3.21. The molecule has 4 atom stereocenters. The van der Waals surface area contributed by atoms with Crippen molar-refractivity contribution in [2.75, 3.05) is 25.3 Å². The standard InChI is InChI=1S/C14H18N5O7P/c1-16-12-7-2-3-19(13(7)18-9(4-15)17-12)14-11(21)10(20)8(26-14)5-25-6-27(22,23)24/h2-3,8,10-11,14,20-21H,5-6H2,1H3,(H,16,17,18)(H2,22,23,24)/t8-,10-,11-,14-/m1/s1. The molecule has 27 heavy (non-hydrogen) atoms. The number of fused-ring (bicyclic) bond motifs is 1. The highest BCUT2D eigenvalue weighted by Crippen LogP contribution is 2.36. The Bertz CT molecular complexity index is 922. The normalized spacial score (nSPS) is 25.6. The number of nitrogens with one attached hydrogen (secondary N) is 1. The molecule has 0 amide bonds. The van der Waals surface area contributed by atoms with E-state index in [4.69, 9.17) is 24.5 Å². The lowest BCUT2D eigenvalue weighted by Gasteiger charge is -2.17. The summed E-state index contributed by atoms with van der Waals surface area (Å²) in [7, 11) is -2.72. The van der Waals surface area contributed by atoms with Gasteiger partial charge in [-0.25, -0.2) is 9.97 Å². The van der Waals surface area contributed by atoms with Crippen molar-refractivity contribution in [1.29, 1.82) is 5.26 Å². The van der Waals surface area contributed by atoms with Gasteiger partial charge >= 0.3 is 7.60 Å². The molecule has 0 radical (unpaired) electrons. The summed E-state index contributed by atoms with van der Waals surface area (Å²) < 4.78 is 22.8. The van der Waals surface area contributed by atoms with Crippen LogP contribution in [0.4, 0.5) is 5.82 Å². The molecule has 13 heteroatoms. The summed E-state index contributed by atoms with van der Waals surface area (Å²) >= 11 is 0. The first-order valence-electron chi connectivity index (χ1n) is 7.85. The first-order valence-corrected chi connectivity index (χ1v) is 9.65. The lowest BCUT2D eigenvalue weighted by atomic mass is 10.1. The number of rotatable bonds is 6. The molecule has 0 spiro atoms. The van der Waals surface area contributed by atoms with E-state index in [1.165, 1.54) is 4.57 Å². The zero-order valence-corrected chi connectivity index (χ0v) is 15.0. The average molecular weight is 399 g/mol. The van der Waals surface area contributed by atoms with E-state index in [-0.39, 0.29) is 12.4 Å². The van der Waals surface area contributed by atoms with Crippen LogP contribution in [-0.4, -0.2) is 72.8 Å². The third-order valence-electron chi connectivity index (χ3n) is 4.06. The van der Waals surface area contributed by atoms with Gasteiger partial charge in [-0.2, -0.15) is 5.26 Å². The van der Waals surface area contributed by atoms with Crippen LogP contribution in [0.15, 0.2) is 12.3 Å². The molecule has 1 aliphatic heterocycles. The van der Waals surface area contributed by atoms with E-state index < -0.39 is 38.5 Å². The minimum atomic E-state index is -4.35. The van der Waals surface area contributed by atoms with Gasteiger partial charge in [-0.15, -0.1) is 0 Å². The number of ether oxygens (including phenoxy) is 2. The molecule has 0 aliphatic carbocycles. The minimum absolute atomic E-state index is 0.0821. The zero-order chi connectivity index (χ0) is 19.8. The van der Waals surface area contributed by atoms with Crippen LogP contribution in [0.25, 0.3) is 11.0 Å². The Morgan fingerprint density at radius 3 is 2.78 bits per heavy atom. The van der Waals surface area contributed by atoms with Gasteiger partial charge < -0.3 is 39.4 Å². The van der Waals surface area contributed by atoms with Crippen molar-refractivity contribution >= 4 is 24.4 Å². The SMILES string of the molecule is CNc1nc(C#N)nc2c1ccn2[C@@H]1O[C@H](COCP(=O)(O)O)[C@@H](O)[C@H]1O. The largest absolute Gasteiger partial charge is 0.387 e. The molecule has 1 saturated heterocycles. The molecule has 12 nitrogen and oxygen atoms in total. The Morgan fingerprint density at radius 2 is 2.15 bits per heavy atom. The van der Waals surface area contributed by atoms with Crippen LogP contribution in [0, 0.1) is 11.3 Å². The number of anilines is 1. The number of nitriles is 1. The number of aromatic nitrogens is 3. The quantitative estimate of drug-likeness (QED) is 0.380. The van der Waals surface area contributed by atoms with E-state index in [0.717, 1.165) is 0 Å². The van der Waals surface area contributed by atoms with Crippen LogP contribution in [0.2, 0.25) is 0 Å². The molecule has 0 bridgehead atoms. The maximum Gasteiger partial charge on any atom is 0.350 e. The molecule has 5 N–H and O–H groups in total. The molecule has 1 aliphatic rings. The summed E-state index contributed by atoms with van der Waals surface area (Å²) in [6.07, 6.45) is -3.98. The maximum absolute atomic E-state index is 10.8. The smallest absolute Gasteiger partial charge is 0.350 e. The lowest BCUT2D eigenvalue weighted by molar-refractivity contribution is -0.0610. The molecule has 0 aromatic carbocycles. The average Bonchev–Trinajstić information content (AvgIpc) is 3.15. The first kappa shape index (κ1) is 19.7. The van der Waals surface area contributed by atoms with Gasteiger partial charge in [-0.1, -0.05) is 0 Å². The molecule has 0 saturated carbocycles. The Hall–Kier alpha value is -2.10. The maximum atomic E-state index is 10.8. The number of hydrogen-bond donors (Lipinski definition) is 5. The van der Waals surface area contributed by atoms with Crippen molar-refractivity contribution in [3.05, 3.63) is 18.1 Å². The molecule has 1 fully saturated rings. The minimum Gasteiger partial charge on any atom is -0.387 e. The molecule has 146 valence electrons. The molecule has 2 aromatic rings. The van der Waals surface area contributed by atoms with E-state index in [9.17, 15) is 14.8 Å². The first-order chi connectivity index (χ1) is 12.7. The summed E-state index contributed by atoms with van der Waals surface area (Å²) in [5.74, 6) is 0.339. The molecular weight excluding hydrogens is 381 g/mol. The van der Waals surface area contributed by atoms with Crippen molar-refractivity contribution in [3.8, 4) is 6.07 Å². The van der Waals surface area contributed by atoms with E-state index in [1.54, 1.807) is 19.3 Å². The van der Waals surface area contributed by atoms with Crippen molar-refractivity contribution in [2.45, 2.75) is 24.5 Å². The monoisotopic (exact) mass is 399 g/mol. The van der Waals surface area contributed by atoms with Gasteiger partial charge in [0.1, 0.15) is 42.2 Å². The molecule has 0 unspecified atom stereocenters. The highest BCUT2D eigenvalue weighted by Gasteiger charge is 2.44.